The van der Waals surface area contributed by atoms with Crippen molar-refractivity contribution in [3.05, 3.63) is 22.8 Å². The molecule has 74 valence electrons. The molecular formula is C10H16O2S. The summed E-state index contributed by atoms with van der Waals surface area (Å²) in [6.07, 6.45) is 2.88. The summed E-state index contributed by atoms with van der Waals surface area (Å²) < 4.78 is 22.5. The summed E-state index contributed by atoms with van der Waals surface area (Å²) in [7, 11) is -2.80. The highest BCUT2D eigenvalue weighted by Gasteiger charge is 2.23. The molecule has 0 atom stereocenters. The summed E-state index contributed by atoms with van der Waals surface area (Å²) in [5, 5.41) is 0. The molecular weight excluding hydrogens is 184 g/mol. The molecule has 0 fully saturated rings. The third-order valence-corrected chi connectivity index (χ3v) is 3.85. The first-order valence-corrected chi connectivity index (χ1v) is 6.24. The Balaban J connectivity index is 2.73. The molecule has 0 bridgehead atoms. The molecule has 0 aromatic carbocycles. The van der Waals surface area contributed by atoms with Gasteiger partial charge in [0.1, 0.15) is 0 Å². The number of hydrogen-bond donors (Lipinski definition) is 0. The molecule has 0 amide bonds. The van der Waals surface area contributed by atoms with Gasteiger partial charge in [-0.3, -0.25) is 0 Å². The van der Waals surface area contributed by atoms with Crippen LogP contribution in [0.25, 0.3) is 0 Å². The standard InChI is InChI=1S/C10H16O2S/c1-8(2)4-5-10-7-13(11,12)6-9(10)3/h4H,5-7H2,1-3H3. The summed E-state index contributed by atoms with van der Waals surface area (Å²) in [5.41, 5.74) is 3.36. The molecule has 0 aromatic heterocycles. The van der Waals surface area contributed by atoms with E-state index >= 15 is 0 Å². The van der Waals surface area contributed by atoms with Gasteiger partial charge in [-0.1, -0.05) is 22.8 Å². The second-order valence-electron chi connectivity index (χ2n) is 3.90. The van der Waals surface area contributed by atoms with E-state index in [-0.39, 0.29) is 11.5 Å². The van der Waals surface area contributed by atoms with E-state index in [9.17, 15) is 8.42 Å². The van der Waals surface area contributed by atoms with E-state index in [0.717, 1.165) is 17.6 Å². The lowest BCUT2D eigenvalue weighted by Gasteiger charge is -1.97. The normalized spacial score (nSPS) is 20.5. The lowest BCUT2D eigenvalue weighted by atomic mass is 10.1. The third-order valence-electron chi connectivity index (χ3n) is 2.19. The van der Waals surface area contributed by atoms with Crippen molar-refractivity contribution in [3.63, 3.8) is 0 Å². The molecule has 2 nitrogen and oxygen atoms in total. The molecule has 1 aliphatic heterocycles. The van der Waals surface area contributed by atoms with Gasteiger partial charge in [-0.25, -0.2) is 8.42 Å². The Bertz CT molecular complexity index is 354. The number of rotatable bonds is 2. The van der Waals surface area contributed by atoms with E-state index in [1.165, 1.54) is 5.57 Å². The van der Waals surface area contributed by atoms with Gasteiger partial charge in [-0.15, -0.1) is 0 Å². The number of hydrogen-bond acceptors (Lipinski definition) is 2. The maximum Gasteiger partial charge on any atom is 0.157 e. The molecule has 1 heterocycles. The van der Waals surface area contributed by atoms with Crippen molar-refractivity contribution in [2.24, 2.45) is 0 Å². The minimum absolute atomic E-state index is 0.263. The molecule has 0 N–H and O–H groups in total. The first-order valence-electron chi connectivity index (χ1n) is 4.42. The Labute approximate surface area is 80.3 Å². The maximum absolute atomic E-state index is 11.2. The monoisotopic (exact) mass is 200 g/mol. The molecule has 1 aliphatic rings. The van der Waals surface area contributed by atoms with Gasteiger partial charge in [0.15, 0.2) is 9.84 Å². The van der Waals surface area contributed by atoms with E-state index in [1.54, 1.807) is 0 Å². The molecule has 3 heteroatoms. The Morgan fingerprint density at radius 1 is 1.38 bits per heavy atom. The minimum atomic E-state index is -2.80. The predicted octanol–water partition coefficient (Wildman–Crippen LogP) is 2.09. The molecule has 13 heavy (non-hydrogen) atoms. The van der Waals surface area contributed by atoms with Crippen LogP contribution in [0.5, 0.6) is 0 Å². The predicted molar refractivity (Wildman–Crippen MR) is 55.4 cm³/mol. The van der Waals surface area contributed by atoms with Crippen LogP contribution >= 0.6 is 0 Å². The highest BCUT2D eigenvalue weighted by Crippen LogP contribution is 2.22. The zero-order valence-corrected chi connectivity index (χ0v) is 9.24. The lowest BCUT2D eigenvalue weighted by molar-refractivity contribution is 0.602. The highest BCUT2D eigenvalue weighted by atomic mass is 32.2. The summed E-state index contributed by atoms with van der Waals surface area (Å²) >= 11 is 0. The van der Waals surface area contributed by atoms with Crippen molar-refractivity contribution in [1.82, 2.24) is 0 Å². The van der Waals surface area contributed by atoms with Crippen LogP contribution in [0, 0.1) is 0 Å². The van der Waals surface area contributed by atoms with E-state index in [0.29, 0.717) is 0 Å². The Morgan fingerprint density at radius 3 is 2.38 bits per heavy atom. The summed E-state index contributed by atoms with van der Waals surface area (Å²) in [6, 6.07) is 0. The van der Waals surface area contributed by atoms with E-state index in [1.807, 2.05) is 20.8 Å². The average Bonchev–Trinajstić information content (AvgIpc) is 2.20. The first-order chi connectivity index (χ1) is 5.91. The maximum atomic E-state index is 11.2. The topological polar surface area (TPSA) is 34.1 Å². The molecule has 0 radical (unpaired) electrons. The smallest absolute Gasteiger partial charge is 0.157 e. The lowest BCUT2D eigenvalue weighted by Crippen LogP contribution is -2.03. The van der Waals surface area contributed by atoms with Crippen LogP contribution in [-0.2, 0) is 9.84 Å². The Morgan fingerprint density at radius 2 is 2.00 bits per heavy atom. The molecule has 0 saturated carbocycles. The second-order valence-corrected chi connectivity index (χ2v) is 5.97. The third kappa shape index (κ3) is 2.99. The van der Waals surface area contributed by atoms with Gasteiger partial charge in [-0.05, 0) is 27.2 Å². The fourth-order valence-corrected chi connectivity index (χ4v) is 3.29. The van der Waals surface area contributed by atoms with Crippen LogP contribution in [-0.4, -0.2) is 19.9 Å². The van der Waals surface area contributed by atoms with Crippen LogP contribution in [0.2, 0.25) is 0 Å². The van der Waals surface area contributed by atoms with Crippen LogP contribution in [0.3, 0.4) is 0 Å². The van der Waals surface area contributed by atoms with Crippen molar-refractivity contribution in [2.75, 3.05) is 11.5 Å². The molecule has 0 spiro atoms. The van der Waals surface area contributed by atoms with Crippen LogP contribution in [0.4, 0.5) is 0 Å². The van der Waals surface area contributed by atoms with Gasteiger partial charge in [-0.2, -0.15) is 0 Å². The average molecular weight is 200 g/mol. The van der Waals surface area contributed by atoms with Crippen LogP contribution in [0.1, 0.15) is 27.2 Å². The van der Waals surface area contributed by atoms with E-state index in [2.05, 4.69) is 6.08 Å². The molecule has 0 aromatic rings. The second kappa shape index (κ2) is 3.66. The van der Waals surface area contributed by atoms with Crippen LogP contribution < -0.4 is 0 Å². The van der Waals surface area contributed by atoms with Crippen molar-refractivity contribution in [2.45, 2.75) is 27.2 Å². The summed E-state index contributed by atoms with van der Waals surface area (Å²) in [6.45, 7) is 5.97. The molecule has 0 saturated heterocycles. The quantitative estimate of drug-likeness (QED) is 0.640. The van der Waals surface area contributed by atoms with Gasteiger partial charge in [0.05, 0.1) is 11.5 Å². The van der Waals surface area contributed by atoms with Crippen molar-refractivity contribution >= 4 is 9.84 Å². The summed E-state index contributed by atoms with van der Waals surface area (Å²) in [5.74, 6) is 0.529. The largest absolute Gasteiger partial charge is 0.228 e. The van der Waals surface area contributed by atoms with E-state index in [4.69, 9.17) is 0 Å². The Kier molecular flexibility index (Phi) is 2.96. The molecule has 0 unspecified atom stereocenters. The van der Waals surface area contributed by atoms with Crippen molar-refractivity contribution in [3.8, 4) is 0 Å². The zero-order valence-electron chi connectivity index (χ0n) is 8.42. The van der Waals surface area contributed by atoms with Gasteiger partial charge in [0.2, 0.25) is 0 Å². The number of allylic oxidation sites excluding steroid dienone is 2. The zero-order chi connectivity index (χ0) is 10.1. The van der Waals surface area contributed by atoms with Gasteiger partial charge in [0.25, 0.3) is 0 Å². The SMILES string of the molecule is CC(C)=CCC1=C(C)CS(=O)(=O)C1. The highest BCUT2D eigenvalue weighted by molar-refractivity contribution is 7.92. The van der Waals surface area contributed by atoms with Gasteiger partial charge in [0, 0.05) is 0 Å². The van der Waals surface area contributed by atoms with Crippen molar-refractivity contribution in [1.29, 1.82) is 0 Å². The first kappa shape index (κ1) is 10.5. The Hall–Kier alpha value is -0.570. The minimum Gasteiger partial charge on any atom is -0.228 e. The molecule has 0 aliphatic carbocycles. The molecule has 1 rings (SSSR count). The van der Waals surface area contributed by atoms with E-state index < -0.39 is 9.84 Å². The van der Waals surface area contributed by atoms with Crippen LogP contribution in [0.15, 0.2) is 22.8 Å². The fraction of sp³-hybridized carbons (Fsp3) is 0.600. The van der Waals surface area contributed by atoms with Gasteiger partial charge >= 0.3 is 0 Å². The number of sulfone groups is 1. The summed E-state index contributed by atoms with van der Waals surface area (Å²) in [4.78, 5) is 0. The van der Waals surface area contributed by atoms with Gasteiger partial charge < -0.3 is 0 Å². The van der Waals surface area contributed by atoms with Crippen molar-refractivity contribution < 1.29 is 8.42 Å². The fourth-order valence-electron chi connectivity index (χ4n) is 1.43.